The maximum Gasteiger partial charge on any atom is 0.365 e. The second-order valence-corrected chi connectivity index (χ2v) is 2.56. The van der Waals surface area contributed by atoms with Gasteiger partial charge in [-0.3, -0.25) is 0 Å². The standard InChI is InChI=1S/C7H2N2O2S/c8-3-1-2-5-4-12-6(9-5)7(10)11/h4H,(H,10,11). The Hall–Kier alpha value is -1.85. The van der Waals surface area contributed by atoms with Crippen molar-refractivity contribution >= 4 is 17.3 Å². The zero-order valence-electron chi connectivity index (χ0n) is 5.74. The van der Waals surface area contributed by atoms with Crippen molar-refractivity contribution in [1.82, 2.24) is 4.98 Å². The predicted octanol–water partition coefficient (Wildman–Crippen LogP) is 0.716. The van der Waals surface area contributed by atoms with Gasteiger partial charge in [-0.15, -0.1) is 11.3 Å². The number of carbonyl (C=O) groups is 1. The molecule has 58 valence electrons. The molecule has 0 radical (unpaired) electrons. The maximum absolute atomic E-state index is 10.3. The predicted molar refractivity (Wildman–Crippen MR) is 41.6 cm³/mol. The number of carboxylic acids is 1. The molecule has 0 atom stereocenters. The number of aromatic nitrogens is 1. The van der Waals surface area contributed by atoms with Gasteiger partial charge in [-0.25, -0.2) is 9.78 Å². The van der Waals surface area contributed by atoms with Gasteiger partial charge in [0.15, 0.2) is 6.07 Å². The Balaban J connectivity index is 2.94. The van der Waals surface area contributed by atoms with E-state index < -0.39 is 5.97 Å². The molecule has 0 saturated heterocycles. The lowest BCUT2D eigenvalue weighted by Gasteiger charge is -1.79. The van der Waals surface area contributed by atoms with E-state index in [2.05, 4.69) is 16.8 Å². The van der Waals surface area contributed by atoms with Crippen molar-refractivity contribution < 1.29 is 9.90 Å². The zero-order chi connectivity index (χ0) is 8.97. The quantitative estimate of drug-likeness (QED) is 0.643. The second-order valence-electron chi connectivity index (χ2n) is 1.70. The van der Waals surface area contributed by atoms with Gasteiger partial charge in [-0.05, 0) is 5.92 Å². The van der Waals surface area contributed by atoms with Crippen molar-refractivity contribution in [3.63, 3.8) is 0 Å². The van der Waals surface area contributed by atoms with Crippen LogP contribution in [0.15, 0.2) is 5.38 Å². The molecular formula is C7H2N2O2S. The summed E-state index contributed by atoms with van der Waals surface area (Å²) in [6.45, 7) is 0. The first-order chi connectivity index (χ1) is 5.74. The fourth-order valence-electron chi connectivity index (χ4n) is 0.521. The van der Waals surface area contributed by atoms with Gasteiger partial charge in [0.25, 0.3) is 0 Å². The van der Waals surface area contributed by atoms with Crippen LogP contribution in [0.1, 0.15) is 15.5 Å². The minimum absolute atomic E-state index is 0.0164. The lowest BCUT2D eigenvalue weighted by Crippen LogP contribution is -1.94. The molecule has 1 aromatic heterocycles. The molecule has 0 amide bonds. The van der Waals surface area contributed by atoms with E-state index in [0.29, 0.717) is 5.69 Å². The van der Waals surface area contributed by atoms with E-state index in [4.69, 9.17) is 10.4 Å². The van der Waals surface area contributed by atoms with Gasteiger partial charge in [0.1, 0.15) is 5.69 Å². The molecule has 1 rings (SSSR count). The third-order valence-corrected chi connectivity index (χ3v) is 1.76. The fourth-order valence-corrected chi connectivity index (χ4v) is 1.11. The fraction of sp³-hybridized carbons (Fsp3) is 0. The summed E-state index contributed by atoms with van der Waals surface area (Å²) in [6.07, 6.45) is 0. The molecular weight excluding hydrogens is 176 g/mol. The molecule has 1 heterocycles. The number of thiazole rings is 1. The average Bonchev–Trinajstić information content (AvgIpc) is 2.48. The number of nitriles is 1. The zero-order valence-corrected chi connectivity index (χ0v) is 6.55. The van der Waals surface area contributed by atoms with Gasteiger partial charge in [0, 0.05) is 11.3 Å². The van der Waals surface area contributed by atoms with E-state index in [1.807, 2.05) is 0 Å². The van der Waals surface area contributed by atoms with E-state index in [1.54, 1.807) is 6.07 Å². The molecule has 0 saturated carbocycles. The normalized spacial score (nSPS) is 7.92. The van der Waals surface area contributed by atoms with E-state index in [1.165, 1.54) is 5.38 Å². The van der Waals surface area contributed by atoms with Crippen LogP contribution in [0, 0.1) is 23.2 Å². The lowest BCUT2D eigenvalue weighted by molar-refractivity contribution is 0.0696. The molecule has 12 heavy (non-hydrogen) atoms. The van der Waals surface area contributed by atoms with Crippen molar-refractivity contribution in [3.8, 4) is 17.9 Å². The van der Waals surface area contributed by atoms with Crippen LogP contribution < -0.4 is 0 Å². The number of hydrogen-bond donors (Lipinski definition) is 1. The van der Waals surface area contributed by atoms with Crippen molar-refractivity contribution in [2.45, 2.75) is 0 Å². The Labute approximate surface area is 72.1 Å². The molecule has 0 aliphatic carbocycles. The molecule has 0 fully saturated rings. The maximum atomic E-state index is 10.3. The first kappa shape index (κ1) is 8.25. The average molecular weight is 178 g/mol. The third-order valence-electron chi connectivity index (χ3n) is 0.934. The van der Waals surface area contributed by atoms with E-state index in [9.17, 15) is 4.79 Å². The summed E-state index contributed by atoms with van der Waals surface area (Å²) in [7, 11) is 0. The Morgan fingerprint density at radius 3 is 3.00 bits per heavy atom. The largest absolute Gasteiger partial charge is 0.476 e. The Bertz CT molecular complexity index is 405. The Morgan fingerprint density at radius 1 is 1.75 bits per heavy atom. The molecule has 1 N–H and O–H groups in total. The summed E-state index contributed by atoms with van der Waals surface area (Å²) < 4.78 is 0. The van der Waals surface area contributed by atoms with Gasteiger partial charge < -0.3 is 5.11 Å². The molecule has 0 aliphatic rings. The highest BCUT2D eigenvalue weighted by molar-refractivity contribution is 7.11. The van der Waals surface area contributed by atoms with Crippen molar-refractivity contribution in [2.75, 3.05) is 0 Å². The summed E-state index contributed by atoms with van der Waals surface area (Å²) in [5, 5.41) is 18.0. The van der Waals surface area contributed by atoms with E-state index in [0.717, 1.165) is 11.3 Å². The number of rotatable bonds is 1. The summed E-state index contributed by atoms with van der Waals surface area (Å²) in [5.74, 6) is 3.44. The van der Waals surface area contributed by atoms with Crippen LogP contribution >= 0.6 is 11.3 Å². The molecule has 0 spiro atoms. The minimum atomic E-state index is -1.08. The molecule has 1 aromatic rings. The molecule has 4 nitrogen and oxygen atoms in total. The summed E-state index contributed by atoms with van der Waals surface area (Å²) in [5.41, 5.74) is 0.318. The summed E-state index contributed by atoms with van der Waals surface area (Å²) in [6, 6.07) is 1.61. The minimum Gasteiger partial charge on any atom is -0.476 e. The Morgan fingerprint density at radius 2 is 2.50 bits per heavy atom. The monoisotopic (exact) mass is 178 g/mol. The third kappa shape index (κ3) is 1.82. The lowest BCUT2D eigenvalue weighted by atomic mass is 10.5. The highest BCUT2D eigenvalue weighted by Gasteiger charge is 2.06. The van der Waals surface area contributed by atoms with Crippen LogP contribution in [-0.4, -0.2) is 16.1 Å². The number of nitrogens with zero attached hydrogens (tertiary/aromatic N) is 2. The highest BCUT2D eigenvalue weighted by atomic mass is 32.1. The molecule has 0 aromatic carbocycles. The van der Waals surface area contributed by atoms with Crippen LogP contribution in [0.2, 0.25) is 0 Å². The molecule has 0 aliphatic heterocycles. The first-order valence-corrected chi connectivity index (χ1v) is 3.71. The van der Waals surface area contributed by atoms with Crippen LogP contribution in [0.3, 0.4) is 0 Å². The van der Waals surface area contributed by atoms with Gasteiger partial charge in [0.2, 0.25) is 5.01 Å². The van der Waals surface area contributed by atoms with Crippen LogP contribution in [-0.2, 0) is 0 Å². The Kier molecular flexibility index (Phi) is 2.42. The SMILES string of the molecule is N#CC#Cc1csc(C(=O)O)n1. The summed E-state index contributed by atoms with van der Waals surface area (Å²) >= 11 is 0.986. The van der Waals surface area contributed by atoms with Crippen molar-refractivity contribution in [2.24, 2.45) is 0 Å². The van der Waals surface area contributed by atoms with Crippen molar-refractivity contribution in [3.05, 3.63) is 16.1 Å². The molecule has 0 bridgehead atoms. The van der Waals surface area contributed by atoms with E-state index >= 15 is 0 Å². The van der Waals surface area contributed by atoms with Crippen molar-refractivity contribution in [1.29, 1.82) is 5.26 Å². The van der Waals surface area contributed by atoms with Gasteiger partial charge in [-0.1, -0.05) is 0 Å². The highest BCUT2D eigenvalue weighted by Crippen LogP contribution is 2.07. The number of hydrogen-bond acceptors (Lipinski definition) is 4. The van der Waals surface area contributed by atoms with Gasteiger partial charge in [-0.2, -0.15) is 5.26 Å². The van der Waals surface area contributed by atoms with Crippen LogP contribution in [0.4, 0.5) is 0 Å². The smallest absolute Gasteiger partial charge is 0.365 e. The van der Waals surface area contributed by atoms with Crippen LogP contribution in [0.25, 0.3) is 0 Å². The summed E-state index contributed by atoms with van der Waals surface area (Å²) in [4.78, 5) is 14.0. The first-order valence-electron chi connectivity index (χ1n) is 2.83. The molecule has 0 unspecified atom stereocenters. The van der Waals surface area contributed by atoms with Gasteiger partial charge in [0.05, 0.1) is 0 Å². The molecule has 5 heteroatoms. The van der Waals surface area contributed by atoms with Gasteiger partial charge >= 0.3 is 5.97 Å². The van der Waals surface area contributed by atoms with Crippen LogP contribution in [0.5, 0.6) is 0 Å². The number of carboxylic acid groups (broad SMARTS) is 1. The van der Waals surface area contributed by atoms with E-state index in [-0.39, 0.29) is 5.01 Å². The number of aromatic carboxylic acids is 1. The topological polar surface area (TPSA) is 74.0 Å². The second kappa shape index (κ2) is 3.51.